The van der Waals surface area contributed by atoms with E-state index in [0.29, 0.717) is 43.7 Å². The Hall–Kier alpha value is -1.44. The molecule has 0 aromatic heterocycles. The normalized spacial score (nSPS) is 25.3. The molecule has 2 fully saturated rings. The maximum atomic E-state index is 12.7. The van der Waals surface area contributed by atoms with Gasteiger partial charge in [-0.25, -0.2) is 8.42 Å². The molecule has 1 aliphatic heterocycles. The molecule has 0 spiro atoms. The number of sulfonamides is 1. The molecule has 1 aromatic carbocycles. The molecule has 1 aliphatic carbocycles. The topological polar surface area (TPSA) is 69.7 Å². The zero-order chi connectivity index (χ0) is 19.4. The maximum absolute atomic E-state index is 12.7. The predicted molar refractivity (Wildman–Crippen MR) is 106 cm³/mol. The van der Waals surface area contributed by atoms with E-state index in [2.05, 4.69) is 12.2 Å². The van der Waals surface area contributed by atoms with E-state index in [1.807, 2.05) is 24.0 Å². The highest BCUT2D eigenvalue weighted by Gasteiger charge is 2.29. The molecular weight excluding hydrogens is 362 g/mol. The first-order chi connectivity index (χ1) is 12.8. The average molecular weight is 394 g/mol. The van der Waals surface area contributed by atoms with E-state index in [-0.39, 0.29) is 5.91 Å². The van der Waals surface area contributed by atoms with Crippen LogP contribution in [0.1, 0.15) is 38.2 Å². The summed E-state index contributed by atoms with van der Waals surface area (Å²) in [6, 6.07) is 7.26. The third-order valence-electron chi connectivity index (χ3n) is 5.74. The largest absolute Gasteiger partial charge is 0.352 e. The summed E-state index contributed by atoms with van der Waals surface area (Å²) in [4.78, 5) is 14.7. The van der Waals surface area contributed by atoms with Crippen molar-refractivity contribution in [2.24, 2.45) is 5.92 Å². The monoisotopic (exact) mass is 393 g/mol. The van der Waals surface area contributed by atoms with Gasteiger partial charge in [-0.2, -0.15) is 4.31 Å². The highest BCUT2D eigenvalue weighted by molar-refractivity contribution is 7.89. The van der Waals surface area contributed by atoms with E-state index in [0.717, 1.165) is 24.3 Å². The van der Waals surface area contributed by atoms with Crippen LogP contribution in [-0.2, 0) is 14.8 Å². The number of piperazine rings is 1. The molecule has 1 amide bonds. The first-order valence-electron chi connectivity index (χ1n) is 9.93. The fourth-order valence-electron chi connectivity index (χ4n) is 3.87. The van der Waals surface area contributed by atoms with Crippen LogP contribution in [0.2, 0.25) is 0 Å². The molecule has 1 saturated heterocycles. The molecular formula is C20H31N3O3S. The van der Waals surface area contributed by atoms with Crippen LogP contribution in [0.25, 0.3) is 0 Å². The molecule has 0 radical (unpaired) electrons. The number of rotatable bonds is 5. The summed E-state index contributed by atoms with van der Waals surface area (Å²) in [5, 5.41) is 3.15. The lowest BCUT2D eigenvalue weighted by molar-refractivity contribution is -0.123. The van der Waals surface area contributed by atoms with Gasteiger partial charge in [0.2, 0.25) is 15.9 Å². The predicted octanol–water partition coefficient (Wildman–Crippen LogP) is 2.00. The molecule has 0 bridgehead atoms. The summed E-state index contributed by atoms with van der Waals surface area (Å²) in [6.45, 7) is 6.57. The fraction of sp³-hybridized carbons (Fsp3) is 0.650. The minimum Gasteiger partial charge on any atom is -0.352 e. The summed E-state index contributed by atoms with van der Waals surface area (Å²) < 4.78 is 27.0. The Morgan fingerprint density at radius 1 is 1.04 bits per heavy atom. The van der Waals surface area contributed by atoms with Gasteiger partial charge in [0, 0.05) is 32.2 Å². The summed E-state index contributed by atoms with van der Waals surface area (Å²) in [5.41, 5.74) is 1.04. The number of amides is 1. The Labute approximate surface area is 163 Å². The Balaban J connectivity index is 1.47. The van der Waals surface area contributed by atoms with E-state index < -0.39 is 10.0 Å². The molecule has 3 rings (SSSR count). The summed E-state index contributed by atoms with van der Waals surface area (Å²) in [7, 11) is -3.45. The van der Waals surface area contributed by atoms with Crippen molar-refractivity contribution in [1.82, 2.24) is 14.5 Å². The van der Waals surface area contributed by atoms with Gasteiger partial charge in [-0.15, -0.1) is 0 Å². The Morgan fingerprint density at radius 3 is 2.22 bits per heavy atom. The van der Waals surface area contributed by atoms with E-state index in [1.165, 1.54) is 17.1 Å². The van der Waals surface area contributed by atoms with Gasteiger partial charge in [0.1, 0.15) is 0 Å². The van der Waals surface area contributed by atoms with E-state index >= 15 is 0 Å². The zero-order valence-corrected chi connectivity index (χ0v) is 17.2. The molecule has 0 unspecified atom stereocenters. The van der Waals surface area contributed by atoms with Gasteiger partial charge in [0.25, 0.3) is 0 Å². The van der Waals surface area contributed by atoms with Crippen molar-refractivity contribution in [1.29, 1.82) is 0 Å². The standard InChI is InChI=1S/C20H31N3O3S/c1-16-3-7-18(8-4-16)21-20(24)15-22-11-13-23(14-12-22)27(25,26)19-9-5-17(2)6-10-19/h5-6,9-10,16,18H,3-4,7-8,11-15H2,1-2H3,(H,21,24). The summed E-state index contributed by atoms with van der Waals surface area (Å²) >= 11 is 0. The second-order valence-electron chi connectivity index (χ2n) is 8.02. The third kappa shape index (κ3) is 5.30. The zero-order valence-electron chi connectivity index (χ0n) is 16.4. The van der Waals surface area contributed by atoms with Gasteiger partial charge < -0.3 is 5.32 Å². The number of carbonyl (C=O) groups excluding carboxylic acids is 1. The second kappa shape index (κ2) is 8.71. The summed E-state index contributed by atoms with van der Waals surface area (Å²) in [5.74, 6) is 0.825. The van der Waals surface area contributed by atoms with Gasteiger partial charge in [0.15, 0.2) is 0 Å². The molecule has 6 nitrogen and oxygen atoms in total. The van der Waals surface area contributed by atoms with Crippen molar-refractivity contribution in [2.45, 2.75) is 50.5 Å². The average Bonchev–Trinajstić information content (AvgIpc) is 2.64. The minimum absolute atomic E-state index is 0.0596. The van der Waals surface area contributed by atoms with E-state index in [1.54, 1.807) is 12.1 Å². The summed E-state index contributed by atoms with van der Waals surface area (Å²) in [6.07, 6.45) is 4.49. The van der Waals surface area contributed by atoms with Gasteiger partial charge in [0.05, 0.1) is 11.4 Å². The van der Waals surface area contributed by atoms with Crippen molar-refractivity contribution < 1.29 is 13.2 Å². The van der Waals surface area contributed by atoms with E-state index in [4.69, 9.17) is 0 Å². The number of aryl methyl sites for hydroxylation is 1. The fourth-order valence-corrected chi connectivity index (χ4v) is 5.29. The number of hydrogen-bond donors (Lipinski definition) is 1. The van der Waals surface area contributed by atoms with Gasteiger partial charge >= 0.3 is 0 Å². The van der Waals surface area contributed by atoms with Gasteiger partial charge in [-0.3, -0.25) is 9.69 Å². The number of nitrogens with one attached hydrogen (secondary N) is 1. The van der Waals surface area contributed by atoms with Crippen LogP contribution < -0.4 is 5.32 Å². The number of carbonyl (C=O) groups is 1. The molecule has 0 atom stereocenters. The molecule has 1 aromatic rings. The lowest BCUT2D eigenvalue weighted by Gasteiger charge is -2.34. The molecule has 150 valence electrons. The first kappa shape index (κ1) is 20.3. The lowest BCUT2D eigenvalue weighted by Crippen LogP contribution is -2.52. The maximum Gasteiger partial charge on any atom is 0.243 e. The SMILES string of the molecule is Cc1ccc(S(=O)(=O)N2CCN(CC(=O)NC3CCC(C)CC3)CC2)cc1. The Kier molecular flexibility index (Phi) is 6.55. The smallest absolute Gasteiger partial charge is 0.243 e. The van der Waals surface area contributed by atoms with Gasteiger partial charge in [-0.05, 0) is 50.7 Å². The van der Waals surface area contributed by atoms with Crippen molar-refractivity contribution in [3.05, 3.63) is 29.8 Å². The minimum atomic E-state index is -3.45. The number of benzene rings is 1. The molecule has 1 saturated carbocycles. The Bertz CT molecular complexity index is 732. The number of nitrogens with zero attached hydrogens (tertiary/aromatic N) is 2. The van der Waals surface area contributed by atoms with Crippen molar-refractivity contribution in [3.8, 4) is 0 Å². The van der Waals surface area contributed by atoms with Crippen LogP contribution in [0.5, 0.6) is 0 Å². The van der Waals surface area contributed by atoms with Crippen molar-refractivity contribution in [3.63, 3.8) is 0 Å². The number of hydrogen-bond acceptors (Lipinski definition) is 4. The molecule has 1 heterocycles. The van der Waals surface area contributed by atoms with Crippen LogP contribution in [0, 0.1) is 12.8 Å². The third-order valence-corrected chi connectivity index (χ3v) is 7.65. The van der Waals surface area contributed by atoms with Crippen LogP contribution in [0.3, 0.4) is 0 Å². The highest BCUT2D eigenvalue weighted by atomic mass is 32.2. The second-order valence-corrected chi connectivity index (χ2v) is 9.96. The molecule has 7 heteroatoms. The van der Waals surface area contributed by atoms with Crippen LogP contribution in [-0.4, -0.2) is 62.3 Å². The van der Waals surface area contributed by atoms with Crippen molar-refractivity contribution >= 4 is 15.9 Å². The highest BCUT2D eigenvalue weighted by Crippen LogP contribution is 2.23. The first-order valence-corrected chi connectivity index (χ1v) is 11.4. The van der Waals surface area contributed by atoms with Gasteiger partial charge in [-0.1, -0.05) is 24.6 Å². The Morgan fingerprint density at radius 2 is 1.63 bits per heavy atom. The quantitative estimate of drug-likeness (QED) is 0.831. The lowest BCUT2D eigenvalue weighted by atomic mass is 9.87. The molecule has 1 N–H and O–H groups in total. The van der Waals surface area contributed by atoms with Crippen LogP contribution in [0.4, 0.5) is 0 Å². The van der Waals surface area contributed by atoms with E-state index in [9.17, 15) is 13.2 Å². The molecule has 27 heavy (non-hydrogen) atoms. The van der Waals surface area contributed by atoms with Crippen molar-refractivity contribution in [2.75, 3.05) is 32.7 Å². The van der Waals surface area contributed by atoms with Crippen LogP contribution >= 0.6 is 0 Å². The van der Waals surface area contributed by atoms with Crippen LogP contribution in [0.15, 0.2) is 29.2 Å². The molecule has 2 aliphatic rings.